The molecular formula is C15H32O3. The minimum absolute atomic E-state index is 0.259. The number of rotatable bonds is 12. The summed E-state index contributed by atoms with van der Waals surface area (Å²) in [5.74, 6) is 0. The highest BCUT2D eigenvalue weighted by molar-refractivity contribution is 4.68. The van der Waals surface area contributed by atoms with Crippen molar-refractivity contribution in [2.24, 2.45) is 0 Å². The van der Waals surface area contributed by atoms with Gasteiger partial charge in [-0.2, -0.15) is 0 Å². The zero-order valence-electron chi connectivity index (χ0n) is 12.2. The molecule has 0 spiro atoms. The van der Waals surface area contributed by atoms with E-state index in [2.05, 4.69) is 0 Å². The fraction of sp³-hybridized carbons (Fsp3) is 1.00. The zero-order valence-corrected chi connectivity index (χ0v) is 12.2. The molecule has 0 saturated carbocycles. The van der Waals surface area contributed by atoms with Crippen LogP contribution in [0.3, 0.4) is 0 Å². The van der Waals surface area contributed by atoms with Gasteiger partial charge in [0.15, 0.2) is 0 Å². The van der Waals surface area contributed by atoms with Gasteiger partial charge in [-0.25, -0.2) is 0 Å². The van der Waals surface area contributed by atoms with Crippen LogP contribution in [0.25, 0.3) is 0 Å². The highest BCUT2D eigenvalue weighted by Crippen LogP contribution is 2.16. The molecule has 0 saturated heterocycles. The molecule has 0 fully saturated rings. The van der Waals surface area contributed by atoms with E-state index in [-0.39, 0.29) is 6.10 Å². The molecule has 0 radical (unpaired) electrons. The van der Waals surface area contributed by atoms with Crippen molar-refractivity contribution in [1.82, 2.24) is 0 Å². The van der Waals surface area contributed by atoms with Gasteiger partial charge in [0.25, 0.3) is 0 Å². The predicted molar refractivity (Wildman–Crippen MR) is 75.6 cm³/mol. The molecule has 1 unspecified atom stereocenters. The van der Waals surface area contributed by atoms with E-state index in [0.717, 1.165) is 25.7 Å². The topological polar surface area (TPSA) is 60.7 Å². The smallest absolute Gasteiger partial charge is 0.0592 e. The third kappa shape index (κ3) is 13.9. The molecular weight excluding hydrogens is 228 g/mol. The number of unbranched alkanes of at least 4 members (excludes halogenated alkanes) is 6. The first-order valence-corrected chi connectivity index (χ1v) is 7.47. The van der Waals surface area contributed by atoms with Crippen molar-refractivity contribution < 1.29 is 15.3 Å². The van der Waals surface area contributed by atoms with Crippen molar-refractivity contribution >= 4 is 0 Å². The van der Waals surface area contributed by atoms with Gasteiger partial charge in [0.2, 0.25) is 0 Å². The Kier molecular flexibility index (Phi) is 10.7. The number of aliphatic hydroxyl groups is 3. The third-order valence-electron chi connectivity index (χ3n) is 3.28. The Morgan fingerprint density at radius 3 is 1.83 bits per heavy atom. The summed E-state index contributed by atoms with van der Waals surface area (Å²) < 4.78 is 0. The van der Waals surface area contributed by atoms with E-state index in [4.69, 9.17) is 5.11 Å². The van der Waals surface area contributed by atoms with Gasteiger partial charge in [-0.05, 0) is 39.5 Å². The van der Waals surface area contributed by atoms with Gasteiger partial charge in [0.05, 0.1) is 11.7 Å². The standard InChI is InChI=1S/C15H32O3/c1-15(2,18)12-11-14(17)10-8-6-4-3-5-7-9-13-16/h14,16-18H,3-13H2,1-2H3. The number of hydrogen-bond acceptors (Lipinski definition) is 3. The number of hydrogen-bond donors (Lipinski definition) is 3. The molecule has 0 bridgehead atoms. The van der Waals surface area contributed by atoms with Crippen molar-refractivity contribution in [2.75, 3.05) is 6.61 Å². The van der Waals surface area contributed by atoms with E-state index in [0.29, 0.717) is 19.4 Å². The van der Waals surface area contributed by atoms with Crippen LogP contribution in [0.15, 0.2) is 0 Å². The molecule has 0 rings (SSSR count). The van der Waals surface area contributed by atoms with Gasteiger partial charge in [-0.3, -0.25) is 0 Å². The Labute approximate surface area is 112 Å². The second-order valence-corrected chi connectivity index (χ2v) is 5.99. The Morgan fingerprint density at radius 2 is 1.33 bits per heavy atom. The maximum atomic E-state index is 9.75. The molecule has 1 atom stereocenters. The van der Waals surface area contributed by atoms with Crippen LogP contribution in [-0.2, 0) is 0 Å². The second-order valence-electron chi connectivity index (χ2n) is 5.99. The lowest BCUT2D eigenvalue weighted by atomic mass is 9.97. The highest BCUT2D eigenvalue weighted by Gasteiger charge is 2.14. The van der Waals surface area contributed by atoms with Gasteiger partial charge < -0.3 is 15.3 Å². The van der Waals surface area contributed by atoms with E-state index in [1.54, 1.807) is 13.8 Å². The molecule has 0 aromatic rings. The monoisotopic (exact) mass is 260 g/mol. The van der Waals surface area contributed by atoms with Crippen LogP contribution in [0.5, 0.6) is 0 Å². The first kappa shape index (κ1) is 17.9. The van der Waals surface area contributed by atoms with Gasteiger partial charge in [-0.15, -0.1) is 0 Å². The molecule has 3 heteroatoms. The van der Waals surface area contributed by atoms with E-state index < -0.39 is 5.60 Å². The van der Waals surface area contributed by atoms with Crippen LogP contribution in [0.1, 0.15) is 78.1 Å². The van der Waals surface area contributed by atoms with Gasteiger partial charge >= 0.3 is 0 Å². The Balaban J connectivity index is 3.23. The Hall–Kier alpha value is -0.120. The fourth-order valence-corrected chi connectivity index (χ4v) is 2.04. The molecule has 0 heterocycles. The lowest BCUT2D eigenvalue weighted by Crippen LogP contribution is -2.21. The second kappa shape index (κ2) is 10.8. The van der Waals surface area contributed by atoms with Crippen molar-refractivity contribution in [2.45, 2.75) is 89.8 Å². The third-order valence-corrected chi connectivity index (χ3v) is 3.28. The van der Waals surface area contributed by atoms with Gasteiger partial charge in [-0.1, -0.05) is 38.5 Å². The van der Waals surface area contributed by atoms with Crippen LogP contribution < -0.4 is 0 Å². The van der Waals surface area contributed by atoms with E-state index in [9.17, 15) is 10.2 Å². The van der Waals surface area contributed by atoms with E-state index in [1.165, 1.54) is 25.7 Å². The van der Waals surface area contributed by atoms with E-state index >= 15 is 0 Å². The first-order valence-electron chi connectivity index (χ1n) is 7.47. The predicted octanol–water partition coefficient (Wildman–Crippen LogP) is 3.01. The summed E-state index contributed by atoms with van der Waals surface area (Å²) in [6, 6.07) is 0. The van der Waals surface area contributed by atoms with Crippen molar-refractivity contribution in [3.05, 3.63) is 0 Å². The van der Waals surface area contributed by atoms with Gasteiger partial charge in [0.1, 0.15) is 0 Å². The lowest BCUT2D eigenvalue weighted by molar-refractivity contribution is 0.0465. The average molecular weight is 260 g/mol. The van der Waals surface area contributed by atoms with Crippen LogP contribution in [0.4, 0.5) is 0 Å². The Morgan fingerprint density at radius 1 is 0.833 bits per heavy atom. The minimum atomic E-state index is -0.659. The molecule has 0 amide bonds. The van der Waals surface area contributed by atoms with Crippen LogP contribution in [0.2, 0.25) is 0 Å². The molecule has 0 aromatic heterocycles. The SMILES string of the molecule is CC(C)(O)CCC(O)CCCCCCCCCO. The summed E-state index contributed by atoms with van der Waals surface area (Å²) in [5, 5.41) is 27.9. The summed E-state index contributed by atoms with van der Waals surface area (Å²) in [7, 11) is 0. The Bertz CT molecular complexity index is 175. The maximum Gasteiger partial charge on any atom is 0.0592 e. The summed E-state index contributed by atoms with van der Waals surface area (Å²) in [4.78, 5) is 0. The summed E-state index contributed by atoms with van der Waals surface area (Å²) in [5.41, 5.74) is -0.659. The average Bonchev–Trinajstić information content (AvgIpc) is 2.29. The lowest BCUT2D eigenvalue weighted by Gasteiger charge is -2.19. The normalized spacial score (nSPS) is 13.8. The van der Waals surface area contributed by atoms with Crippen molar-refractivity contribution in [3.8, 4) is 0 Å². The van der Waals surface area contributed by atoms with Crippen LogP contribution in [-0.4, -0.2) is 33.6 Å². The minimum Gasteiger partial charge on any atom is -0.396 e. The quantitative estimate of drug-likeness (QED) is 0.473. The molecule has 3 N–H and O–H groups in total. The van der Waals surface area contributed by atoms with Crippen molar-refractivity contribution in [3.63, 3.8) is 0 Å². The molecule has 110 valence electrons. The van der Waals surface area contributed by atoms with Crippen LogP contribution in [0, 0.1) is 0 Å². The number of aliphatic hydroxyl groups excluding tert-OH is 2. The molecule has 18 heavy (non-hydrogen) atoms. The highest BCUT2D eigenvalue weighted by atomic mass is 16.3. The summed E-state index contributed by atoms with van der Waals surface area (Å²) in [6.45, 7) is 3.88. The van der Waals surface area contributed by atoms with E-state index in [1.807, 2.05) is 0 Å². The molecule has 0 aliphatic carbocycles. The maximum absolute atomic E-state index is 9.75. The fourth-order valence-electron chi connectivity index (χ4n) is 2.04. The molecule has 0 aliphatic heterocycles. The zero-order chi connectivity index (χ0) is 13.9. The summed E-state index contributed by atoms with van der Waals surface area (Å²) in [6.07, 6.45) is 9.94. The first-order chi connectivity index (χ1) is 8.45. The van der Waals surface area contributed by atoms with Gasteiger partial charge in [0, 0.05) is 6.61 Å². The molecule has 0 aromatic carbocycles. The molecule has 3 nitrogen and oxygen atoms in total. The largest absolute Gasteiger partial charge is 0.396 e. The molecule has 0 aliphatic rings. The van der Waals surface area contributed by atoms with Crippen molar-refractivity contribution in [1.29, 1.82) is 0 Å². The summed E-state index contributed by atoms with van der Waals surface area (Å²) >= 11 is 0. The van der Waals surface area contributed by atoms with Crippen LogP contribution >= 0.6 is 0 Å².